The number of methoxy groups -OCH3 is 1. The highest BCUT2D eigenvalue weighted by atomic mass is 16.5. The van der Waals surface area contributed by atoms with Gasteiger partial charge in [0.15, 0.2) is 0 Å². The van der Waals surface area contributed by atoms with Gasteiger partial charge in [0, 0.05) is 19.7 Å². The van der Waals surface area contributed by atoms with E-state index in [9.17, 15) is 5.11 Å². The second-order valence-corrected chi connectivity index (χ2v) is 4.53. The lowest BCUT2D eigenvalue weighted by Crippen LogP contribution is -2.46. The molecule has 3 unspecified atom stereocenters. The summed E-state index contributed by atoms with van der Waals surface area (Å²) in [6, 6.07) is 0.328. The fraction of sp³-hybridized carbons (Fsp3) is 1.00. The molecule has 0 spiro atoms. The molecular formula is C11H23NO2. The van der Waals surface area contributed by atoms with Crippen LogP contribution in [0.15, 0.2) is 0 Å². The van der Waals surface area contributed by atoms with Gasteiger partial charge in [-0.05, 0) is 32.2 Å². The van der Waals surface area contributed by atoms with Gasteiger partial charge in [-0.25, -0.2) is 0 Å². The minimum absolute atomic E-state index is 0.145. The maximum absolute atomic E-state index is 9.87. The average molecular weight is 201 g/mol. The van der Waals surface area contributed by atoms with E-state index < -0.39 is 0 Å². The highest BCUT2D eigenvalue weighted by Crippen LogP contribution is 2.26. The summed E-state index contributed by atoms with van der Waals surface area (Å²) in [5, 5.41) is 9.87. The van der Waals surface area contributed by atoms with Crippen LogP contribution < -0.4 is 0 Å². The first-order valence-corrected chi connectivity index (χ1v) is 5.52. The average Bonchev–Trinajstić information content (AvgIpc) is 2.18. The van der Waals surface area contributed by atoms with Crippen LogP contribution in [0.3, 0.4) is 0 Å². The molecule has 0 amide bonds. The van der Waals surface area contributed by atoms with Crippen molar-refractivity contribution in [1.29, 1.82) is 0 Å². The Morgan fingerprint density at radius 2 is 2.14 bits per heavy atom. The standard InChI is InChI=1S/C11H23NO2/c1-9-4-5-11(13)10(8-9)12(2)6-7-14-3/h9-11,13H,4-8H2,1-3H3. The van der Waals surface area contributed by atoms with Crippen LogP contribution in [0.25, 0.3) is 0 Å². The van der Waals surface area contributed by atoms with Crippen molar-refractivity contribution < 1.29 is 9.84 Å². The van der Waals surface area contributed by atoms with E-state index in [2.05, 4.69) is 18.9 Å². The summed E-state index contributed by atoms with van der Waals surface area (Å²) in [5.41, 5.74) is 0. The molecule has 0 radical (unpaired) electrons. The molecule has 0 heterocycles. The number of rotatable bonds is 4. The van der Waals surface area contributed by atoms with Gasteiger partial charge in [0.1, 0.15) is 0 Å². The molecule has 0 saturated heterocycles. The zero-order valence-corrected chi connectivity index (χ0v) is 9.57. The third kappa shape index (κ3) is 3.23. The van der Waals surface area contributed by atoms with Crippen LogP contribution >= 0.6 is 0 Å². The van der Waals surface area contributed by atoms with E-state index in [4.69, 9.17) is 4.74 Å². The molecule has 3 heteroatoms. The van der Waals surface area contributed by atoms with Gasteiger partial charge in [0.05, 0.1) is 12.7 Å². The smallest absolute Gasteiger partial charge is 0.0695 e. The monoisotopic (exact) mass is 201 g/mol. The Morgan fingerprint density at radius 3 is 2.79 bits per heavy atom. The number of likely N-dealkylation sites (N-methyl/N-ethyl adjacent to an activating group) is 1. The van der Waals surface area contributed by atoms with E-state index in [0.717, 1.165) is 38.3 Å². The first-order chi connectivity index (χ1) is 6.65. The molecule has 3 nitrogen and oxygen atoms in total. The minimum atomic E-state index is -0.145. The zero-order valence-electron chi connectivity index (χ0n) is 9.57. The molecule has 1 rings (SSSR count). The van der Waals surface area contributed by atoms with Crippen molar-refractivity contribution in [2.45, 2.75) is 38.3 Å². The quantitative estimate of drug-likeness (QED) is 0.739. The number of ether oxygens (including phenoxy) is 1. The van der Waals surface area contributed by atoms with Gasteiger partial charge in [-0.1, -0.05) is 6.92 Å². The lowest BCUT2D eigenvalue weighted by molar-refractivity contribution is 0.00844. The molecule has 0 bridgehead atoms. The van der Waals surface area contributed by atoms with Gasteiger partial charge < -0.3 is 9.84 Å². The molecule has 1 N–H and O–H groups in total. The molecule has 1 fully saturated rings. The van der Waals surface area contributed by atoms with E-state index in [1.165, 1.54) is 0 Å². The fourth-order valence-corrected chi connectivity index (χ4v) is 2.21. The van der Waals surface area contributed by atoms with Gasteiger partial charge in [-0.15, -0.1) is 0 Å². The molecule has 84 valence electrons. The molecule has 0 aromatic heterocycles. The Labute approximate surface area is 87.1 Å². The van der Waals surface area contributed by atoms with E-state index in [0.29, 0.717) is 6.04 Å². The van der Waals surface area contributed by atoms with E-state index >= 15 is 0 Å². The first-order valence-electron chi connectivity index (χ1n) is 5.52. The molecule has 14 heavy (non-hydrogen) atoms. The number of aliphatic hydroxyl groups is 1. The van der Waals surface area contributed by atoms with E-state index in [1.807, 2.05) is 0 Å². The molecule has 1 saturated carbocycles. The maximum Gasteiger partial charge on any atom is 0.0695 e. The number of hydrogen-bond donors (Lipinski definition) is 1. The van der Waals surface area contributed by atoms with Crippen molar-refractivity contribution in [3.8, 4) is 0 Å². The Hall–Kier alpha value is -0.120. The highest BCUT2D eigenvalue weighted by molar-refractivity contribution is 4.84. The van der Waals surface area contributed by atoms with Crippen molar-refractivity contribution >= 4 is 0 Å². The van der Waals surface area contributed by atoms with Gasteiger partial charge in [0.2, 0.25) is 0 Å². The van der Waals surface area contributed by atoms with Crippen LogP contribution in [-0.2, 0) is 4.74 Å². The number of hydrogen-bond acceptors (Lipinski definition) is 3. The predicted octanol–water partition coefficient (Wildman–Crippen LogP) is 1.11. The summed E-state index contributed by atoms with van der Waals surface area (Å²) < 4.78 is 5.04. The maximum atomic E-state index is 9.87. The fourth-order valence-electron chi connectivity index (χ4n) is 2.21. The number of nitrogens with zero attached hydrogens (tertiary/aromatic N) is 1. The molecule has 0 aromatic carbocycles. The van der Waals surface area contributed by atoms with Crippen LogP contribution in [0.2, 0.25) is 0 Å². The summed E-state index contributed by atoms with van der Waals surface area (Å²) in [6.45, 7) is 3.92. The molecule has 3 atom stereocenters. The summed E-state index contributed by atoms with van der Waals surface area (Å²) in [7, 11) is 3.79. The van der Waals surface area contributed by atoms with Crippen LogP contribution in [0.1, 0.15) is 26.2 Å². The van der Waals surface area contributed by atoms with Crippen LogP contribution in [0, 0.1) is 5.92 Å². The Morgan fingerprint density at radius 1 is 1.43 bits per heavy atom. The van der Waals surface area contributed by atoms with E-state index in [-0.39, 0.29) is 6.10 Å². The largest absolute Gasteiger partial charge is 0.391 e. The Kier molecular flexibility index (Phi) is 4.85. The normalized spacial score (nSPS) is 33.6. The van der Waals surface area contributed by atoms with Gasteiger partial charge in [0.25, 0.3) is 0 Å². The van der Waals surface area contributed by atoms with Crippen LogP contribution in [0.4, 0.5) is 0 Å². The Bertz CT molecular complexity index is 163. The zero-order chi connectivity index (χ0) is 10.6. The van der Waals surface area contributed by atoms with Gasteiger partial charge in [-0.3, -0.25) is 4.90 Å². The molecule has 1 aliphatic rings. The Balaban J connectivity index is 2.38. The van der Waals surface area contributed by atoms with Gasteiger partial charge >= 0.3 is 0 Å². The van der Waals surface area contributed by atoms with Crippen molar-refractivity contribution in [2.75, 3.05) is 27.3 Å². The lowest BCUT2D eigenvalue weighted by Gasteiger charge is -2.37. The molecule has 1 aliphatic carbocycles. The number of aliphatic hydroxyl groups excluding tert-OH is 1. The SMILES string of the molecule is COCCN(C)C1CC(C)CCC1O. The summed E-state index contributed by atoms with van der Waals surface area (Å²) in [4.78, 5) is 2.23. The van der Waals surface area contributed by atoms with Crippen molar-refractivity contribution in [1.82, 2.24) is 4.90 Å². The van der Waals surface area contributed by atoms with Crippen molar-refractivity contribution in [2.24, 2.45) is 5.92 Å². The molecule has 0 aromatic rings. The molecular weight excluding hydrogens is 178 g/mol. The minimum Gasteiger partial charge on any atom is -0.391 e. The van der Waals surface area contributed by atoms with Gasteiger partial charge in [-0.2, -0.15) is 0 Å². The van der Waals surface area contributed by atoms with Crippen LogP contribution in [0.5, 0.6) is 0 Å². The first kappa shape index (κ1) is 12.0. The summed E-state index contributed by atoms with van der Waals surface area (Å²) >= 11 is 0. The lowest BCUT2D eigenvalue weighted by atomic mass is 9.84. The summed E-state index contributed by atoms with van der Waals surface area (Å²) in [6.07, 6.45) is 3.08. The van der Waals surface area contributed by atoms with Crippen LogP contribution in [-0.4, -0.2) is 49.5 Å². The third-order valence-electron chi connectivity index (χ3n) is 3.26. The second-order valence-electron chi connectivity index (χ2n) is 4.53. The third-order valence-corrected chi connectivity index (χ3v) is 3.26. The second kappa shape index (κ2) is 5.69. The summed E-state index contributed by atoms with van der Waals surface area (Å²) in [5.74, 6) is 0.744. The van der Waals surface area contributed by atoms with Crippen molar-refractivity contribution in [3.05, 3.63) is 0 Å². The molecule has 0 aliphatic heterocycles. The van der Waals surface area contributed by atoms with E-state index in [1.54, 1.807) is 7.11 Å². The highest BCUT2D eigenvalue weighted by Gasteiger charge is 2.29. The topological polar surface area (TPSA) is 32.7 Å². The predicted molar refractivity (Wildman–Crippen MR) is 57.3 cm³/mol. The van der Waals surface area contributed by atoms with Crippen molar-refractivity contribution in [3.63, 3.8) is 0 Å².